The molecule has 1 saturated heterocycles. The second-order valence-corrected chi connectivity index (χ2v) is 5.05. The summed E-state index contributed by atoms with van der Waals surface area (Å²) in [5, 5.41) is 2.85. The predicted octanol–water partition coefficient (Wildman–Crippen LogP) is -0.0377. The fourth-order valence-corrected chi connectivity index (χ4v) is 2.64. The molecule has 2 amide bonds. The van der Waals surface area contributed by atoms with Gasteiger partial charge in [0.2, 0.25) is 11.8 Å². The number of carbonyl (C=O) groups excluding carboxylic acids is 2. The first-order chi connectivity index (χ1) is 8.10. The molecule has 1 aliphatic heterocycles. The molecule has 1 aliphatic rings. The number of nitrogens with zero attached hydrogens (tertiary/aromatic N) is 2. The van der Waals surface area contributed by atoms with Gasteiger partial charge < -0.3 is 5.73 Å². The van der Waals surface area contributed by atoms with Crippen molar-refractivity contribution in [1.29, 1.82) is 0 Å². The van der Waals surface area contributed by atoms with Gasteiger partial charge >= 0.3 is 0 Å². The van der Waals surface area contributed by atoms with Crippen LogP contribution in [0.15, 0.2) is 6.20 Å². The highest BCUT2D eigenvalue weighted by Gasteiger charge is 2.32. The molecule has 92 valence electrons. The van der Waals surface area contributed by atoms with Crippen molar-refractivity contribution in [2.45, 2.75) is 25.9 Å². The van der Waals surface area contributed by atoms with Crippen LogP contribution in [0.4, 0.5) is 5.13 Å². The number of nitrogens with two attached hydrogens (primary N) is 1. The van der Waals surface area contributed by atoms with Crippen molar-refractivity contribution in [3.05, 3.63) is 11.1 Å². The minimum atomic E-state index is -0.254. The topological polar surface area (TPSA) is 88.3 Å². The van der Waals surface area contributed by atoms with Crippen LogP contribution >= 0.6 is 11.3 Å². The molecule has 1 fully saturated rings. The number of aromatic nitrogens is 1. The maximum Gasteiger partial charge on any atom is 0.243 e. The van der Waals surface area contributed by atoms with Gasteiger partial charge in [0.05, 0.1) is 12.6 Å². The third-order valence-corrected chi connectivity index (χ3v) is 3.48. The van der Waals surface area contributed by atoms with E-state index >= 15 is 0 Å². The van der Waals surface area contributed by atoms with Crippen molar-refractivity contribution in [2.24, 2.45) is 0 Å². The lowest BCUT2D eigenvalue weighted by atomic mass is 10.1. The number of amides is 2. The summed E-state index contributed by atoms with van der Waals surface area (Å²) in [5.41, 5.74) is 5.55. The predicted molar refractivity (Wildman–Crippen MR) is 64.2 cm³/mol. The van der Waals surface area contributed by atoms with Crippen molar-refractivity contribution >= 4 is 28.3 Å². The molecule has 3 N–H and O–H groups in total. The Bertz CT molecular complexity index is 445. The molecular weight excluding hydrogens is 240 g/mol. The SMILES string of the molecule is CCC1C(=O)NC(=O)CN1Cc1cnc(N)s1. The van der Waals surface area contributed by atoms with Gasteiger partial charge in [-0.05, 0) is 6.42 Å². The van der Waals surface area contributed by atoms with Crippen molar-refractivity contribution < 1.29 is 9.59 Å². The quantitative estimate of drug-likeness (QED) is 0.739. The fourth-order valence-electron chi connectivity index (χ4n) is 1.93. The zero-order valence-corrected chi connectivity index (χ0v) is 10.3. The van der Waals surface area contributed by atoms with E-state index in [9.17, 15) is 9.59 Å². The second kappa shape index (κ2) is 4.80. The first-order valence-corrected chi connectivity index (χ1v) is 6.19. The van der Waals surface area contributed by atoms with E-state index in [0.717, 1.165) is 4.88 Å². The number of hydrogen-bond acceptors (Lipinski definition) is 6. The van der Waals surface area contributed by atoms with Crippen LogP contribution in [0, 0.1) is 0 Å². The van der Waals surface area contributed by atoms with Gasteiger partial charge in [0.25, 0.3) is 0 Å². The van der Waals surface area contributed by atoms with E-state index in [4.69, 9.17) is 5.73 Å². The number of hydrogen-bond donors (Lipinski definition) is 2. The molecule has 0 saturated carbocycles. The van der Waals surface area contributed by atoms with Crippen LogP contribution in [-0.4, -0.2) is 34.3 Å². The molecular formula is C10H14N4O2S. The molecule has 0 aromatic carbocycles. The number of rotatable bonds is 3. The van der Waals surface area contributed by atoms with Gasteiger partial charge in [-0.25, -0.2) is 4.98 Å². The molecule has 6 nitrogen and oxygen atoms in total. The number of imide groups is 1. The highest BCUT2D eigenvalue weighted by atomic mass is 32.1. The highest BCUT2D eigenvalue weighted by molar-refractivity contribution is 7.15. The Labute approximate surface area is 103 Å². The van der Waals surface area contributed by atoms with E-state index in [1.807, 2.05) is 11.8 Å². The van der Waals surface area contributed by atoms with Crippen LogP contribution in [0.5, 0.6) is 0 Å². The fraction of sp³-hybridized carbons (Fsp3) is 0.500. The summed E-state index contributed by atoms with van der Waals surface area (Å²) >= 11 is 1.38. The van der Waals surface area contributed by atoms with Crippen molar-refractivity contribution in [2.75, 3.05) is 12.3 Å². The van der Waals surface area contributed by atoms with Gasteiger partial charge in [-0.3, -0.25) is 19.8 Å². The molecule has 0 bridgehead atoms. The smallest absolute Gasteiger partial charge is 0.243 e. The van der Waals surface area contributed by atoms with Gasteiger partial charge in [0.1, 0.15) is 0 Å². The minimum Gasteiger partial charge on any atom is -0.375 e. The molecule has 2 heterocycles. The molecule has 0 aliphatic carbocycles. The summed E-state index contributed by atoms with van der Waals surface area (Å²) in [7, 11) is 0. The molecule has 1 unspecified atom stereocenters. The first kappa shape index (κ1) is 12.0. The minimum absolute atomic E-state index is 0.221. The Hall–Kier alpha value is -1.47. The third kappa shape index (κ3) is 2.62. The summed E-state index contributed by atoms with van der Waals surface area (Å²) in [6.45, 7) is 2.70. The van der Waals surface area contributed by atoms with E-state index in [1.54, 1.807) is 6.20 Å². The number of carbonyl (C=O) groups is 2. The Balaban J connectivity index is 2.11. The van der Waals surface area contributed by atoms with Crippen LogP contribution in [-0.2, 0) is 16.1 Å². The number of anilines is 1. The van der Waals surface area contributed by atoms with E-state index in [-0.39, 0.29) is 24.4 Å². The van der Waals surface area contributed by atoms with Gasteiger partial charge in [0.15, 0.2) is 5.13 Å². The Morgan fingerprint density at radius 3 is 3.00 bits per heavy atom. The van der Waals surface area contributed by atoms with E-state index in [0.29, 0.717) is 18.1 Å². The molecule has 0 radical (unpaired) electrons. The zero-order chi connectivity index (χ0) is 12.4. The lowest BCUT2D eigenvalue weighted by molar-refractivity contribution is -0.140. The molecule has 0 spiro atoms. The monoisotopic (exact) mass is 254 g/mol. The Morgan fingerprint density at radius 1 is 1.65 bits per heavy atom. The summed E-state index contributed by atoms with van der Waals surface area (Å²) in [5.74, 6) is -0.474. The molecule has 17 heavy (non-hydrogen) atoms. The number of piperazine rings is 1. The number of nitrogen functional groups attached to an aromatic ring is 1. The summed E-state index contributed by atoms with van der Waals surface area (Å²) < 4.78 is 0. The van der Waals surface area contributed by atoms with Crippen molar-refractivity contribution in [3.63, 3.8) is 0 Å². The number of thiazole rings is 1. The van der Waals surface area contributed by atoms with Crippen LogP contribution in [0.1, 0.15) is 18.2 Å². The van der Waals surface area contributed by atoms with Crippen molar-refractivity contribution in [3.8, 4) is 0 Å². The molecule has 1 aromatic heterocycles. The lowest BCUT2D eigenvalue weighted by Gasteiger charge is -2.32. The average molecular weight is 254 g/mol. The zero-order valence-electron chi connectivity index (χ0n) is 9.47. The molecule has 2 rings (SSSR count). The Kier molecular flexibility index (Phi) is 3.39. The van der Waals surface area contributed by atoms with Crippen molar-refractivity contribution in [1.82, 2.24) is 15.2 Å². The largest absolute Gasteiger partial charge is 0.375 e. The third-order valence-electron chi connectivity index (χ3n) is 2.67. The number of nitrogens with one attached hydrogen (secondary N) is 1. The summed E-state index contributed by atoms with van der Waals surface area (Å²) in [6, 6.07) is -0.254. The standard InChI is InChI=1S/C10H14N4O2S/c1-2-7-9(16)13-8(15)5-14(7)4-6-3-12-10(11)17-6/h3,7H,2,4-5H2,1H3,(H2,11,12)(H,13,15,16). The maximum atomic E-state index is 11.6. The summed E-state index contributed by atoms with van der Waals surface area (Å²) in [6.07, 6.45) is 2.36. The van der Waals surface area contributed by atoms with Gasteiger partial charge in [0, 0.05) is 17.6 Å². The summed E-state index contributed by atoms with van der Waals surface area (Å²) in [4.78, 5) is 29.7. The van der Waals surface area contributed by atoms with Crippen LogP contribution < -0.4 is 11.1 Å². The van der Waals surface area contributed by atoms with Crippen LogP contribution in [0.2, 0.25) is 0 Å². The van der Waals surface area contributed by atoms with Gasteiger partial charge in [-0.15, -0.1) is 11.3 Å². The molecule has 1 atom stereocenters. The van der Waals surface area contributed by atoms with E-state index in [2.05, 4.69) is 10.3 Å². The van der Waals surface area contributed by atoms with E-state index in [1.165, 1.54) is 11.3 Å². The van der Waals surface area contributed by atoms with E-state index < -0.39 is 0 Å². The van der Waals surface area contributed by atoms with Crippen LogP contribution in [0.25, 0.3) is 0 Å². The van der Waals surface area contributed by atoms with Gasteiger partial charge in [-0.2, -0.15) is 0 Å². The highest BCUT2D eigenvalue weighted by Crippen LogP contribution is 2.19. The van der Waals surface area contributed by atoms with Crippen LogP contribution in [0.3, 0.4) is 0 Å². The second-order valence-electron chi connectivity index (χ2n) is 3.91. The first-order valence-electron chi connectivity index (χ1n) is 5.38. The lowest BCUT2D eigenvalue weighted by Crippen LogP contribution is -2.57. The molecule has 7 heteroatoms. The molecule has 1 aromatic rings. The normalized spacial score (nSPS) is 21.6. The average Bonchev–Trinajstić information content (AvgIpc) is 2.63. The van der Waals surface area contributed by atoms with Gasteiger partial charge in [-0.1, -0.05) is 6.92 Å². The Morgan fingerprint density at radius 2 is 2.41 bits per heavy atom. The maximum absolute atomic E-state index is 11.6.